The molecule has 1 aromatic heterocycles. The number of fused-ring (bicyclic) bond motifs is 1. The molecule has 0 bridgehead atoms. The van der Waals surface area contributed by atoms with Crippen LogP contribution in [-0.4, -0.2) is 59.2 Å². The van der Waals surface area contributed by atoms with Crippen LogP contribution in [0, 0.1) is 11.8 Å². The molecule has 3 aromatic carbocycles. The average molecular weight is 486 g/mol. The zero-order chi connectivity index (χ0) is 24.2. The molecule has 0 unspecified atom stereocenters. The number of aromatic nitrogens is 1. The number of hydrogen-bond acceptors (Lipinski definition) is 4. The van der Waals surface area contributed by atoms with Crippen molar-refractivity contribution in [1.29, 1.82) is 0 Å². The molecule has 178 valence electrons. The summed E-state index contributed by atoms with van der Waals surface area (Å²) in [6, 6.07) is 21.4. The maximum atomic E-state index is 10.8. The molecule has 0 aliphatic carbocycles. The van der Waals surface area contributed by atoms with E-state index in [4.69, 9.17) is 16.3 Å². The van der Waals surface area contributed by atoms with Gasteiger partial charge in [-0.3, -0.25) is 4.90 Å². The van der Waals surface area contributed by atoms with E-state index in [0.29, 0.717) is 17.0 Å². The molecule has 0 atom stereocenters. The van der Waals surface area contributed by atoms with Gasteiger partial charge in [0.2, 0.25) is 5.88 Å². The minimum Gasteiger partial charge on any atom is -0.494 e. The van der Waals surface area contributed by atoms with Gasteiger partial charge in [-0.05, 0) is 49.0 Å². The smallest absolute Gasteiger partial charge is 0.200 e. The second kappa shape index (κ2) is 10.5. The standard InChI is InChI=1S/C29H28ClN3O2/c1-31-14-16-32(17-15-31)13-5-6-23-18-24-21-33(29(34)28(24)27(30)19-23)20-22-9-11-26(12-10-22)35-25-7-3-2-4-8-25/h2-4,7-12,18-19,21,34H,13-17,20H2,1H3. The Morgan fingerprint density at radius 2 is 1.66 bits per heavy atom. The first kappa shape index (κ1) is 23.3. The van der Waals surface area contributed by atoms with Crippen molar-refractivity contribution in [3.05, 3.63) is 89.1 Å². The predicted molar refractivity (Wildman–Crippen MR) is 141 cm³/mol. The van der Waals surface area contributed by atoms with Crippen LogP contribution >= 0.6 is 11.6 Å². The Morgan fingerprint density at radius 1 is 0.943 bits per heavy atom. The van der Waals surface area contributed by atoms with Crippen molar-refractivity contribution in [2.45, 2.75) is 6.54 Å². The SMILES string of the molecule is CN1CCN(CC#Cc2cc(Cl)c3c(O)n(Cc4ccc(Oc5ccccc5)cc4)cc3c2)CC1. The van der Waals surface area contributed by atoms with E-state index in [-0.39, 0.29) is 5.88 Å². The minimum atomic E-state index is 0.159. The highest BCUT2D eigenvalue weighted by atomic mass is 35.5. The highest BCUT2D eigenvalue weighted by Crippen LogP contribution is 2.35. The normalized spacial score (nSPS) is 14.6. The maximum absolute atomic E-state index is 10.8. The van der Waals surface area contributed by atoms with Crippen LogP contribution in [0.1, 0.15) is 11.1 Å². The van der Waals surface area contributed by atoms with E-state index < -0.39 is 0 Å². The lowest BCUT2D eigenvalue weighted by atomic mass is 10.1. The van der Waals surface area contributed by atoms with Crippen LogP contribution in [-0.2, 0) is 6.54 Å². The quantitative estimate of drug-likeness (QED) is 0.382. The molecule has 1 N–H and O–H groups in total. The van der Waals surface area contributed by atoms with Gasteiger partial charge in [-0.25, -0.2) is 0 Å². The van der Waals surface area contributed by atoms with Crippen molar-refractivity contribution in [2.75, 3.05) is 39.8 Å². The first-order valence-corrected chi connectivity index (χ1v) is 12.2. The number of likely N-dealkylation sites (N-methyl/N-ethyl adjacent to an activating group) is 1. The maximum Gasteiger partial charge on any atom is 0.200 e. The van der Waals surface area contributed by atoms with Crippen LogP contribution in [0.25, 0.3) is 10.8 Å². The number of ether oxygens (including phenoxy) is 1. The van der Waals surface area contributed by atoms with Gasteiger partial charge in [-0.1, -0.05) is 53.8 Å². The molecule has 0 spiro atoms. The summed E-state index contributed by atoms with van der Waals surface area (Å²) in [5.74, 6) is 8.25. The van der Waals surface area contributed by atoms with Gasteiger partial charge in [0.15, 0.2) is 0 Å². The third kappa shape index (κ3) is 5.63. The van der Waals surface area contributed by atoms with Crippen molar-refractivity contribution in [1.82, 2.24) is 14.4 Å². The fraction of sp³-hybridized carbons (Fsp3) is 0.241. The lowest BCUT2D eigenvalue weighted by molar-refractivity contribution is 0.168. The van der Waals surface area contributed by atoms with Gasteiger partial charge < -0.3 is 19.3 Å². The third-order valence-electron chi connectivity index (χ3n) is 6.30. The van der Waals surface area contributed by atoms with E-state index in [9.17, 15) is 5.11 Å². The summed E-state index contributed by atoms with van der Waals surface area (Å²) in [5, 5.41) is 12.9. The highest BCUT2D eigenvalue weighted by molar-refractivity contribution is 6.36. The Kier molecular flexibility index (Phi) is 6.96. The molecule has 4 aromatic rings. The van der Waals surface area contributed by atoms with Gasteiger partial charge in [-0.2, -0.15) is 0 Å². The van der Waals surface area contributed by atoms with Gasteiger partial charge in [0.05, 0.1) is 23.5 Å². The van der Waals surface area contributed by atoms with E-state index >= 15 is 0 Å². The molecule has 5 rings (SSSR count). The summed E-state index contributed by atoms with van der Waals surface area (Å²) in [5.41, 5.74) is 1.90. The molecule has 0 saturated carbocycles. The monoisotopic (exact) mass is 485 g/mol. The summed E-state index contributed by atoms with van der Waals surface area (Å²) >= 11 is 6.55. The fourth-order valence-corrected chi connectivity index (χ4v) is 4.59. The van der Waals surface area contributed by atoms with Crippen molar-refractivity contribution in [3.63, 3.8) is 0 Å². The summed E-state index contributed by atoms with van der Waals surface area (Å²) in [6.45, 7) is 5.51. The Bertz CT molecular complexity index is 1360. The first-order valence-electron chi connectivity index (χ1n) is 11.8. The van der Waals surface area contributed by atoms with Crippen molar-refractivity contribution in [3.8, 4) is 29.2 Å². The van der Waals surface area contributed by atoms with Crippen LogP contribution in [0.4, 0.5) is 0 Å². The van der Waals surface area contributed by atoms with Gasteiger partial charge in [0.25, 0.3) is 0 Å². The second-order valence-corrected chi connectivity index (χ2v) is 9.35. The molecule has 5 nitrogen and oxygen atoms in total. The summed E-state index contributed by atoms with van der Waals surface area (Å²) in [4.78, 5) is 4.70. The molecular formula is C29H28ClN3O2. The number of hydrogen-bond donors (Lipinski definition) is 1. The number of piperazine rings is 1. The Morgan fingerprint density at radius 3 is 2.40 bits per heavy atom. The Balaban J connectivity index is 1.29. The van der Waals surface area contributed by atoms with Crippen LogP contribution in [0.2, 0.25) is 5.02 Å². The predicted octanol–water partition coefficient (Wildman–Crippen LogP) is 5.44. The molecule has 6 heteroatoms. The number of halogens is 1. The molecule has 35 heavy (non-hydrogen) atoms. The summed E-state index contributed by atoms with van der Waals surface area (Å²) < 4.78 is 7.68. The zero-order valence-corrected chi connectivity index (χ0v) is 20.5. The van der Waals surface area contributed by atoms with Gasteiger partial charge in [-0.15, -0.1) is 0 Å². The van der Waals surface area contributed by atoms with Crippen LogP contribution < -0.4 is 4.74 Å². The van der Waals surface area contributed by atoms with Gasteiger partial charge in [0.1, 0.15) is 11.5 Å². The molecule has 1 aliphatic heterocycles. The molecule has 0 amide bonds. The highest BCUT2D eigenvalue weighted by Gasteiger charge is 2.14. The van der Waals surface area contributed by atoms with Gasteiger partial charge >= 0.3 is 0 Å². The van der Waals surface area contributed by atoms with Crippen LogP contribution in [0.3, 0.4) is 0 Å². The number of aromatic hydroxyl groups is 1. The first-order chi connectivity index (χ1) is 17.0. The van der Waals surface area contributed by atoms with E-state index in [0.717, 1.165) is 60.7 Å². The third-order valence-corrected chi connectivity index (χ3v) is 6.60. The molecule has 0 radical (unpaired) electrons. The Hall–Kier alpha value is -3.43. The fourth-order valence-electron chi connectivity index (χ4n) is 4.27. The second-order valence-electron chi connectivity index (χ2n) is 8.94. The van der Waals surface area contributed by atoms with Crippen molar-refractivity contribution < 1.29 is 9.84 Å². The lowest BCUT2D eigenvalue weighted by Gasteiger charge is -2.30. The van der Waals surface area contributed by atoms with Crippen LogP contribution in [0.15, 0.2) is 72.9 Å². The molecule has 1 saturated heterocycles. The van der Waals surface area contributed by atoms with Crippen molar-refractivity contribution in [2.24, 2.45) is 0 Å². The van der Waals surface area contributed by atoms with E-state index in [1.54, 1.807) is 0 Å². The average Bonchev–Trinajstić information content (AvgIpc) is 3.17. The number of para-hydroxylation sites is 1. The van der Waals surface area contributed by atoms with E-state index in [1.807, 2.05) is 77.5 Å². The van der Waals surface area contributed by atoms with E-state index in [1.165, 1.54) is 0 Å². The summed E-state index contributed by atoms with van der Waals surface area (Å²) in [7, 11) is 2.15. The molecule has 2 heterocycles. The van der Waals surface area contributed by atoms with E-state index in [2.05, 4.69) is 28.7 Å². The minimum absolute atomic E-state index is 0.159. The number of nitrogens with zero attached hydrogens (tertiary/aromatic N) is 3. The number of benzene rings is 3. The largest absolute Gasteiger partial charge is 0.494 e. The van der Waals surface area contributed by atoms with Gasteiger partial charge in [0, 0.05) is 43.3 Å². The number of rotatable bonds is 5. The topological polar surface area (TPSA) is 40.9 Å². The Labute approximate surface area is 211 Å². The molecule has 1 fully saturated rings. The van der Waals surface area contributed by atoms with Crippen molar-refractivity contribution >= 4 is 22.4 Å². The zero-order valence-electron chi connectivity index (χ0n) is 19.7. The lowest BCUT2D eigenvalue weighted by Crippen LogP contribution is -2.44. The molecular weight excluding hydrogens is 458 g/mol. The van der Waals surface area contributed by atoms with Crippen LogP contribution in [0.5, 0.6) is 17.4 Å². The molecule has 1 aliphatic rings. The summed E-state index contributed by atoms with van der Waals surface area (Å²) in [6.07, 6.45) is 1.93.